The quantitative estimate of drug-likeness (QED) is 0.758. The largest absolute Gasteiger partial charge is 0.374 e. The molecule has 0 aliphatic heterocycles. The van der Waals surface area contributed by atoms with Crippen LogP contribution in [-0.2, 0) is 4.74 Å². The summed E-state index contributed by atoms with van der Waals surface area (Å²) in [5.41, 5.74) is 2.24. The van der Waals surface area contributed by atoms with Gasteiger partial charge in [-0.15, -0.1) is 0 Å². The van der Waals surface area contributed by atoms with Gasteiger partial charge in [-0.2, -0.15) is 0 Å². The van der Waals surface area contributed by atoms with Crippen molar-refractivity contribution < 1.29 is 9.53 Å². The Morgan fingerprint density at radius 2 is 1.94 bits per heavy atom. The van der Waals surface area contributed by atoms with Crippen molar-refractivity contribution in [1.82, 2.24) is 0 Å². The van der Waals surface area contributed by atoms with Gasteiger partial charge in [-0.1, -0.05) is 42.0 Å². The van der Waals surface area contributed by atoms with Crippen molar-refractivity contribution in [3.8, 4) is 0 Å². The Bertz CT molecular complexity index is 511. The van der Waals surface area contributed by atoms with Gasteiger partial charge in [-0.3, -0.25) is 4.79 Å². The fourth-order valence-corrected chi connectivity index (χ4v) is 2.33. The lowest BCUT2D eigenvalue weighted by Gasteiger charge is -2.29. The van der Waals surface area contributed by atoms with Crippen molar-refractivity contribution in [2.75, 3.05) is 7.11 Å². The van der Waals surface area contributed by atoms with Gasteiger partial charge in [0.25, 0.3) is 0 Å². The van der Waals surface area contributed by atoms with E-state index >= 15 is 0 Å². The zero-order chi connectivity index (χ0) is 13.2. The van der Waals surface area contributed by atoms with Gasteiger partial charge in [0, 0.05) is 24.7 Å². The average molecular weight is 242 g/mol. The maximum Gasteiger partial charge on any atom is 0.189 e. The number of carbonyl (C=O) groups is 1. The van der Waals surface area contributed by atoms with Crippen LogP contribution in [0.25, 0.3) is 0 Å². The molecule has 0 aromatic heterocycles. The molecule has 2 nitrogen and oxygen atoms in total. The summed E-state index contributed by atoms with van der Waals surface area (Å²) in [5, 5.41) is 0. The maximum atomic E-state index is 12.4. The number of ether oxygens (including phenoxy) is 1. The van der Waals surface area contributed by atoms with Crippen LogP contribution in [0.1, 0.15) is 30.6 Å². The molecule has 2 heteroatoms. The van der Waals surface area contributed by atoms with Crippen LogP contribution in [0.4, 0.5) is 0 Å². The van der Waals surface area contributed by atoms with Crippen molar-refractivity contribution in [2.24, 2.45) is 0 Å². The zero-order valence-electron chi connectivity index (χ0n) is 11.1. The molecule has 1 unspecified atom stereocenters. The van der Waals surface area contributed by atoms with E-state index in [1.54, 1.807) is 7.11 Å². The van der Waals surface area contributed by atoms with Gasteiger partial charge in [0.15, 0.2) is 5.78 Å². The van der Waals surface area contributed by atoms with E-state index in [0.717, 1.165) is 16.7 Å². The summed E-state index contributed by atoms with van der Waals surface area (Å²) < 4.78 is 5.50. The van der Waals surface area contributed by atoms with E-state index < -0.39 is 0 Å². The van der Waals surface area contributed by atoms with Gasteiger partial charge in [0.05, 0.1) is 5.60 Å². The van der Waals surface area contributed by atoms with Crippen molar-refractivity contribution in [1.29, 1.82) is 0 Å². The molecule has 0 bridgehead atoms. The van der Waals surface area contributed by atoms with Crippen LogP contribution in [0, 0.1) is 0 Å². The van der Waals surface area contributed by atoms with Gasteiger partial charge >= 0.3 is 0 Å². The van der Waals surface area contributed by atoms with Crippen LogP contribution in [0.5, 0.6) is 0 Å². The first-order chi connectivity index (χ1) is 8.54. The van der Waals surface area contributed by atoms with E-state index in [0.29, 0.717) is 6.42 Å². The number of hydrogen-bond acceptors (Lipinski definition) is 2. The number of benzene rings is 1. The molecule has 0 saturated heterocycles. The third-order valence-corrected chi connectivity index (χ3v) is 3.27. The van der Waals surface area contributed by atoms with Crippen LogP contribution in [-0.4, -0.2) is 18.5 Å². The topological polar surface area (TPSA) is 26.3 Å². The lowest BCUT2D eigenvalue weighted by atomic mass is 9.85. The number of ketones is 1. The normalized spacial score (nSPS) is 23.3. The first kappa shape index (κ1) is 12.8. The van der Waals surface area contributed by atoms with Crippen molar-refractivity contribution >= 4 is 5.78 Å². The highest BCUT2D eigenvalue weighted by atomic mass is 16.5. The molecular formula is C16H18O2. The van der Waals surface area contributed by atoms with E-state index in [1.165, 1.54) is 0 Å². The summed E-state index contributed by atoms with van der Waals surface area (Å²) >= 11 is 0. The molecule has 0 heterocycles. The molecule has 1 aliphatic carbocycles. The van der Waals surface area contributed by atoms with Crippen LogP contribution in [0.15, 0.2) is 53.6 Å². The minimum absolute atomic E-state index is 0.0892. The molecule has 0 radical (unpaired) electrons. The predicted molar refractivity (Wildman–Crippen MR) is 72.6 cm³/mol. The van der Waals surface area contributed by atoms with Crippen molar-refractivity contribution in [3.63, 3.8) is 0 Å². The Labute approximate surface area is 108 Å². The molecule has 1 aromatic carbocycles. The van der Waals surface area contributed by atoms with E-state index in [9.17, 15) is 4.79 Å². The third-order valence-electron chi connectivity index (χ3n) is 3.27. The smallest absolute Gasteiger partial charge is 0.189 e. The highest BCUT2D eigenvalue weighted by Crippen LogP contribution is 2.30. The predicted octanol–water partition coefficient (Wildman–Crippen LogP) is 3.55. The van der Waals surface area contributed by atoms with Gasteiger partial charge in [0.1, 0.15) is 0 Å². The first-order valence-electron chi connectivity index (χ1n) is 6.09. The Morgan fingerprint density at radius 1 is 1.28 bits per heavy atom. The number of allylic oxidation sites excluding steroid dienone is 2. The van der Waals surface area contributed by atoms with Gasteiger partial charge in [-0.05, 0) is 19.9 Å². The minimum Gasteiger partial charge on any atom is -0.374 e. The van der Waals surface area contributed by atoms with E-state index in [2.05, 4.69) is 6.08 Å². The van der Waals surface area contributed by atoms with Crippen LogP contribution in [0.2, 0.25) is 0 Å². The summed E-state index contributed by atoms with van der Waals surface area (Å²) in [6.07, 6.45) is 4.64. The third kappa shape index (κ3) is 2.59. The van der Waals surface area contributed by atoms with Crippen molar-refractivity contribution in [2.45, 2.75) is 25.9 Å². The Hall–Kier alpha value is -1.67. The average Bonchev–Trinajstić information content (AvgIpc) is 2.38. The number of carbonyl (C=O) groups excluding carboxylic acids is 1. The Morgan fingerprint density at radius 3 is 2.56 bits per heavy atom. The standard InChI is InChI=1S/C16H18O2/c1-12-9-14(11-16(2,10-12)18-3)15(17)13-7-5-4-6-8-13/h4-10H,11H2,1-3H3. The number of methoxy groups -OCH3 is 1. The molecule has 0 spiro atoms. The van der Waals surface area contributed by atoms with Crippen molar-refractivity contribution in [3.05, 3.63) is 59.2 Å². The fraction of sp³-hybridized carbons (Fsp3) is 0.312. The summed E-state index contributed by atoms with van der Waals surface area (Å²) in [6, 6.07) is 9.38. The van der Waals surface area contributed by atoms with Crippen LogP contribution in [0.3, 0.4) is 0 Å². The van der Waals surface area contributed by atoms with Gasteiger partial charge < -0.3 is 4.74 Å². The molecule has 2 rings (SSSR count). The number of rotatable bonds is 3. The molecule has 1 aliphatic rings. The second kappa shape index (κ2) is 4.91. The molecule has 0 N–H and O–H groups in total. The molecule has 1 aromatic rings. The van der Waals surface area contributed by atoms with E-state index in [1.807, 2.05) is 50.3 Å². The van der Waals surface area contributed by atoms with Crippen LogP contribution >= 0.6 is 0 Å². The second-order valence-corrected chi connectivity index (χ2v) is 4.95. The summed E-state index contributed by atoms with van der Waals surface area (Å²) in [6.45, 7) is 4.00. The highest BCUT2D eigenvalue weighted by Gasteiger charge is 2.28. The molecule has 0 fully saturated rings. The zero-order valence-corrected chi connectivity index (χ0v) is 11.1. The molecule has 18 heavy (non-hydrogen) atoms. The summed E-state index contributed by atoms with van der Waals surface area (Å²) in [4.78, 5) is 12.4. The Balaban J connectivity index is 2.30. The Kier molecular flexibility index (Phi) is 3.48. The molecule has 0 amide bonds. The fourth-order valence-electron chi connectivity index (χ4n) is 2.33. The highest BCUT2D eigenvalue weighted by molar-refractivity contribution is 6.09. The van der Waals surface area contributed by atoms with E-state index in [4.69, 9.17) is 4.74 Å². The SMILES string of the molecule is COC1(C)C=C(C)C=C(C(=O)c2ccccc2)C1. The van der Waals surface area contributed by atoms with E-state index in [-0.39, 0.29) is 11.4 Å². The maximum absolute atomic E-state index is 12.4. The molecule has 94 valence electrons. The molecular weight excluding hydrogens is 224 g/mol. The summed E-state index contributed by atoms with van der Waals surface area (Å²) in [7, 11) is 1.68. The van der Waals surface area contributed by atoms with Crippen LogP contribution < -0.4 is 0 Å². The van der Waals surface area contributed by atoms with Gasteiger partial charge in [-0.25, -0.2) is 0 Å². The molecule has 0 saturated carbocycles. The minimum atomic E-state index is -0.376. The number of hydrogen-bond donors (Lipinski definition) is 0. The lowest BCUT2D eigenvalue weighted by molar-refractivity contribution is 0.0461. The lowest BCUT2D eigenvalue weighted by Crippen LogP contribution is -2.29. The second-order valence-electron chi connectivity index (χ2n) is 4.95. The van der Waals surface area contributed by atoms with Gasteiger partial charge in [0.2, 0.25) is 0 Å². The number of Topliss-reactive ketones (excluding diaryl/α,β-unsaturated/α-hetero) is 1. The monoisotopic (exact) mass is 242 g/mol. The molecule has 1 atom stereocenters. The first-order valence-corrected chi connectivity index (χ1v) is 6.09. The summed E-state index contributed by atoms with van der Waals surface area (Å²) in [5.74, 6) is 0.0892.